The van der Waals surface area contributed by atoms with Gasteiger partial charge in [0.25, 0.3) is 0 Å². The zero-order valence-electron chi connectivity index (χ0n) is 41.0. The molecule has 0 aliphatic carbocycles. The number of allylic oxidation sites excluding steroid dienone is 10. The third-order valence-corrected chi connectivity index (χ3v) is 11.8. The van der Waals surface area contributed by atoms with Gasteiger partial charge < -0.3 is 20.3 Å². The number of amides is 1. The molecule has 6 heteroatoms. The zero-order valence-corrected chi connectivity index (χ0v) is 41.0. The number of hydrogen-bond donors (Lipinski definition) is 3. The monoisotopic (exact) mass is 868 g/mol. The molecule has 3 N–H and O–H groups in total. The van der Waals surface area contributed by atoms with Crippen LogP contribution in [0.2, 0.25) is 0 Å². The van der Waals surface area contributed by atoms with E-state index in [9.17, 15) is 19.8 Å². The summed E-state index contributed by atoms with van der Waals surface area (Å²) in [5.41, 5.74) is 0. The summed E-state index contributed by atoms with van der Waals surface area (Å²) in [5.74, 6) is -0.512. The quantitative estimate of drug-likeness (QED) is 0.0322. The van der Waals surface area contributed by atoms with Gasteiger partial charge in [-0.15, -0.1) is 0 Å². The Morgan fingerprint density at radius 1 is 0.484 bits per heavy atom. The van der Waals surface area contributed by atoms with Gasteiger partial charge in [0.15, 0.2) is 0 Å². The van der Waals surface area contributed by atoms with E-state index in [0.717, 1.165) is 89.9 Å². The van der Waals surface area contributed by atoms with E-state index in [-0.39, 0.29) is 24.9 Å². The summed E-state index contributed by atoms with van der Waals surface area (Å²) in [6.07, 6.45) is 61.4. The van der Waals surface area contributed by atoms with Gasteiger partial charge in [-0.1, -0.05) is 216 Å². The lowest BCUT2D eigenvalue weighted by atomic mass is 10.0. The van der Waals surface area contributed by atoms with Crippen LogP contribution in [0.3, 0.4) is 0 Å². The van der Waals surface area contributed by atoms with Gasteiger partial charge in [0.1, 0.15) is 6.10 Å². The van der Waals surface area contributed by atoms with Crippen molar-refractivity contribution in [3.8, 4) is 0 Å². The van der Waals surface area contributed by atoms with E-state index in [1.807, 2.05) is 0 Å². The summed E-state index contributed by atoms with van der Waals surface area (Å²) in [6, 6.07) is -0.710. The SMILES string of the molecule is CC/C=C/C/C=C/C/C=C/C/C=C/CCCCCC(=O)OC(CCCCCCCCC/C=C/CCCCCCCC)CC(=O)NC(CO)C(O)CCCCCCCCCCCC. The smallest absolute Gasteiger partial charge is 0.306 e. The molecule has 0 saturated carbocycles. The van der Waals surface area contributed by atoms with Gasteiger partial charge in [-0.2, -0.15) is 0 Å². The van der Waals surface area contributed by atoms with E-state index in [0.29, 0.717) is 19.3 Å². The van der Waals surface area contributed by atoms with E-state index < -0.39 is 18.2 Å². The first-order chi connectivity index (χ1) is 30.5. The number of carbonyl (C=O) groups is 2. The molecule has 0 rings (SSSR count). The van der Waals surface area contributed by atoms with Crippen LogP contribution in [0.5, 0.6) is 0 Å². The minimum Gasteiger partial charge on any atom is -0.462 e. The van der Waals surface area contributed by atoms with Crippen LogP contribution in [0.4, 0.5) is 0 Å². The van der Waals surface area contributed by atoms with Crippen molar-refractivity contribution in [3.05, 3.63) is 60.8 Å². The molecule has 0 radical (unpaired) electrons. The Kier molecular flexibility index (Phi) is 47.6. The number of aliphatic hydroxyl groups excluding tert-OH is 2. The van der Waals surface area contributed by atoms with Crippen molar-refractivity contribution < 1.29 is 24.5 Å². The van der Waals surface area contributed by atoms with Gasteiger partial charge >= 0.3 is 5.97 Å². The molecule has 6 nitrogen and oxygen atoms in total. The first-order valence-corrected chi connectivity index (χ1v) is 26.5. The zero-order chi connectivity index (χ0) is 45.2. The minimum absolute atomic E-state index is 0.0609. The number of carbonyl (C=O) groups excluding carboxylic acids is 2. The molecule has 3 atom stereocenters. The summed E-state index contributed by atoms with van der Waals surface area (Å²) in [4.78, 5) is 26.2. The molecule has 0 spiro atoms. The number of ether oxygens (including phenoxy) is 1. The van der Waals surface area contributed by atoms with Gasteiger partial charge in [0.05, 0.1) is 25.2 Å². The summed E-state index contributed by atoms with van der Waals surface area (Å²) in [6.45, 7) is 6.35. The van der Waals surface area contributed by atoms with E-state index in [2.05, 4.69) is 86.8 Å². The number of aliphatic hydroxyl groups is 2. The van der Waals surface area contributed by atoms with E-state index in [1.54, 1.807) is 0 Å². The molecule has 0 aliphatic rings. The molecule has 0 aliphatic heterocycles. The molecule has 0 bridgehead atoms. The summed E-state index contributed by atoms with van der Waals surface area (Å²) < 4.78 is 5.93. The predicted molar refractivity (Wildman–Crippen MR) is 268 cm³/mol. The van der Waals surface area contributed by atoms with Crippen molar-refractivity contribution in [2.45, 2.75) is 277 Å². The van der Waals surface area contributed by atoms with Crippen molar-refractivity contribution in [1.29, 1.82) is 0 Å². The molecule has 0 saturated heterocycles. The molecule has 0 aromatic rings. The van der Waals surface area contributed by atoms with Crippen molar-refractivity contribution in [2.75, 3.05) is 6.61 Å². The van der Waals surface area contributed by atoms with Crippen LogP contribution in [0, 0.1) is 0 Å². The van der Waals surface area contributed by atoms with E-state index >= 15 is 0 Å². The normalized spacial score (nSPS) is 13.7. The number of hydrogen-bond acceptors (Lipinski definition) is 5. The maximum Gasteiger partial charge on any atom is 0.306 e. The van der Waals surface area contributed by atoms with Crippen molar-refractivity contribution in [3.63, 3.8) is 0 Å². The van der Waals surface area contributed by atoms with Gasteiger partial charge in [-0.05, 0) is 89.9 Å². The maximum absolute atomic E-state index is 13.2. The molecule has 0 aromatic carbocycles. The second-order valence-electron chi connectivity index (χ2n) is 17.9. The van der Waals surface area contributed by atoms with Crippen LogP contribution in [0.1, 0.15) is 258 Å². The number of unbranched alkanes of at least 4 members (excludes halogenated alkanes) is 25. The summed E-state index contributed by atoms with van der Waals surface area (Å²) in [5, 5.41) is 23.7. The molecule has 62 heavy (non-hydrogen) atoms. The highest BCUT2D eigenvalue weighted by Gasteiger charge is 2.24. The second-order valence-corrected chi connectivity index (χ2v) is 17.9. The predicted octanol–water partition coefficient (Wildman–Crippen LogP) is 16.0. The third kappa shape index (κ3) is 44.2. The number of nitrogens with one attached hydrogen (secondary N) is 1. The van der Waals surface area contributed by atoms with E-state index in [1.165, 1.54) is 122 Å². The highest BCUT2D eigenvalue weighted by Crippen LogP contribution is 2.18. The third-order valence-electron chi connectivity index (χ3n) is 11.8. The lowest BCUT2D eigenvalue weighted by molar-refractivity contribution is -0.151. The lowest BCUT2D eigenvalue weighted by Crippen LogP contribution is -2.46. The number of rotatable bonds is 47. The topological polar surface area (TPSA) is 95.9 Å². The lowest BCUT2D eigenvalue weighted by Gasteiger charge is -2.24. The molecular formula is C56H101NO5. The Hall–Kier alpha value is -2.44. The standard InChI is InChI=1S/C56H101NO5/c1-4-7-10-13-16-19-22-24-26-28-29-31-33-35-38-41-44-47-52(50-55(60)57-53(51-58)54(59)48-45-42-39-36-21-18-15-12-9-6-3)62-56(61)49-46-43-40-37-34-32-30-27-25-23-20-17-14-11-8-5-2/h8,11,17,20,24-27,32,34,52-54,58-59H,4-7,9-10,12-16,18-19,21-23,28-31,33,35-51H2,1-3H3,(H,57,60)/b11-8+,20-17+,26-24+,27-25+,34-32+. The number of esters is 1. The fourth-order valence-corrected chi connectivity index (χ4v) is 7.83. The Labute approximate surface area is 384 Å². The Morgan fingerprint density at radius 2 is 0.871 bits per heavy atom. The van der Waals surface area contributed by atoms with Crippen LogP contribution >= 0.6 is 0 Å². The average molecular weight is 868 g/mol. The van der Waals surface area contributed by atoms with Gasteiger partial charge in [-0.25, -0.2) is 0 Å². The molecule has 0 fully saturated rings. The fraction of sp³-hybridized carbons (Fsp3) is 0.786. The average Bonchev–Trinajstić information content (AvgIpc) is 3.26. The van der Waals surface area contributed by atoms with Crippen molar-refractivity contribution in [2.24, 2.45) is 0 Å². The van der Waals surface area contributed by atoms with Gasteiger partial charge in [0.2, 0.25) is 5.91 Å². The van der Waals surface area contributed by atoms with Crippen LogP contribution < -0.4 is 5.32 Å². The van der Waals surface area contributed by atoms with Crippen LogP contribution in [-0.2, 0) is 14.3 Å². The highest BCUT2D eigenvalue weighted by molar-refractivity contribution is 5.77. The molecule has 1 amide bonds. The largest absolute Gasteiger partial charge is 0.462 e. The van der Waals surface area contributed by atoms with Crippen molar-refractivity contribution >= 4 is 11.9 Å². The Bertz CT molecular complexity index is 1110. The van der Waals surface area contributed by atoms with Gasteiger partial charge in [-0.3, -0.25) is 9.59 Å². The van der Waals surface area contributed by atoms with Crippen LogP contribution in [-0.4, -0.2) is 46.9 Å². The molecule has 3 unspecified atom stereocenters. The molecule has 360 valence electrons. The molecular weight excluding hydrogens is 767 g/mol. The maximum atomic E-state index is 13.2. The minimum atomic E-state index is -0.795. The first-order valence-electron chi connectivity index (χ1n) is 26.5. The van der Waals surface area contributed by atoms with Crippen LogP contribution in [0.15, 0.2) is 60.8 Å². The highest BCUT2D eigenvalue weighted by atomic mass is 16.5. The Morgan fingerprint density at radius 3 is 1.34 bits per heavy atom. The van der Waals surface area contributed by atoms with Crippen molar-refractivity contribution in [1.82, 2.24) is 5.32 Å². The Balaban J connectivity index is 4.64. The van der Waals surface area contributed by atoms with Gasteiger partial charge in [0, 0.05) is 6.42 Å². The molecule has 0 aromatic heterocycles. The summed E-state index contributed by atoms with van der Waals surface area (Å²) in [7, 11) is 0. The molecule has 0 heterocycles. The summed E-state index contributed by atoms with van der Waals surface area (Å²) >= 11 is 0. The second kappa shape index (κ2) is 49.6. The fourth-order valence-electron chi connectivity index (χ4n) is 7.83. The van der Waals surface area contributed by atoms with Crippen LogP contribution in [0.25, 0.3) is 0 Å². The first kappa shape index (κ1) is 59.6. The van der Waals surface area contributed by atoms with E-state index in [4.69, 9.17) is 4.74 Å².